The number of hydrogen-bond donors (Lipinski definition) is 0. The van der Waals surface area contributed by atoms with E-state index in [1.165, 1.54) is 12.1 Å². The molecule has 0 radical (unpaired) electrons. The Kier molecular flexibility index (Phi) is 3.53. The number of imidazole rings is 1. The molecule has 3 rings (SSSR count). The van der Waals surface area contributed by atoms with E-state index < -0.39 is 0 Å². The van der Waals surface area contributed by atoms with Crippen LogP contribution in [0.3, 0.4) is 0 Å². The SMILES string of the molecule is Cc1cc(C)nc(C2(C)CCCN2Cc2cncn2C)n1. The first-order valence-corrected chi connectivity index (χ1v) is 7.52. The van der Waals surface area contributed by atoms with Crippen molar-refractivity contribution in [1.82, 2.24) is 24.4 Å². The quantitative estimate of drug-likeness (QED) is 0.868. The molecule has 0 spiro atoms. The van der Waals surface area contributed by atoms with Gasteiger partial charge < -0.3 is 4.57 Å². The summed E-state index contributed by atoms with van der Waals surface area (Å²) < 4.78 is 2.08. The van der Waals surface area contributed by atoms with E-state index in [0.717, 1.165) is 36.7 Å². The van der Waals surface area contributed by atoms with Gasteiger partial charge in [-0.15, -0.1) is 0 Å². The highest BCUT2D eigenvalue weighted by Gasteiger charge is 2.40. The van der Waals surface area contributed by atoms with Crippen molar-refractivity contribution in [3.8, 4) is 0 Å². The second-order valence-electron chi connectivity index (χ2n) is 6.27. The minimum Gasteiger partial charge on any atom is -0.337 e. The maximum Gasteiger partial charge on any atom is 0.148 e. The van der Waals surface area contributed by atoms with E-state index in [1.807, 2.05) is 39.5 Å². The maximum atomic E-state index is 4.71. The fourth-order valence-corrected chi connectivity index (χ4v) is 3.23. The molecule has 5 nitrogen and oxygen atoms in total. The Labute approximate surface area is 126 Å². The van der Waals surface area contributed by atoms with E-state index in [1.54, 1.807) is 0 Å². The summed E-state index contributed by atoms with van der Waals surface area (Å²) in [7, 11) is 2.04. The van der Waals surface area contributed by atoms with Crippen molar-refractivity contribution in [3.05, 3.63) is 41.5 Å². The molecule has 2 aromatic heterocycles. The Morgan fingerprint density at radius 3 is 2.57 bits per heavy atom. The summed E-state index contributed by atoms with van der Waals surface area (Å²) in [6, 6.07) is 2.03. The van der Waals surface area contributed by atoms with Gasteiger partial charge in [0.2, 0.25) is 0 Å². The highest BCUT2D eigenvalue weighted by Crippen LogP contribution is 2.37. The minimum absolute atomic E-state index is 0.0823. The van der Waals surface area contributed by atoms with E-state index in [-0.39, 0.29) is 5.54 Å². The molecule has 5 heteroatoms. The lowest BCUT2D eigenvalue weighted by Gasteiger charge is -2.34. The van der Waals surface area contributed by atoms with Crippen LogP contribution in [0, 0.1) is 13.8 Å². The van der Waals surface area contributed by atoms with Crippen LogP contribution in [-0.4, -0.2) is 31.0 Å². The molecule has 1 aliphatic heterocycles. The van der Waals surface area contributed by atoms with Crippen LogP contribution in [0.25, 0.3) is 0 Å². The van der Waals surface area contributed by atoms with Crippen molar-refractivity contribution in [2.75, 3.05) is 6.54 Å². The molecule has 2 aromatic rings. The molecule has 0 bridgehead atoms. The van der Waals surface area contributed by atoms with Gasteiger partial charge in [-0.1, -0.05) is 0 Å². The summed E-state index contributed by atoms with van der Waals surface area (Å²) in [5.74, 6) is 0.958. The van der Waals surface area contributed by atoms with E-state index in [2.05, 4.69) is 21.4 Å². The van der Waals surface area contributed by atoms with E-state index in [4.69, 9.17) is 9.97 Å². The minimum atomic E-state index is -0.0823. The van der Waals surface area contributed by atoms with Crippen molar-refractivity contribution in [2.24, 2.45) is 7.05 Å². The van der Waals surface area contributed by atoms with Gasteiger partial charge in [-0.05, 0) is 46.2 Å². The molecule has 1 saturated heterocycles. The molecular formula is C16H23N5. The molecule has 1 atom stereocenters. The van der Waals surface area contributed by atoms with Crippen molar-refractivity contribution in [2.45, 2.75) is 45.7 Å². The summed E-state index contributed by atoms with van der Waals surface area (Å²) in [6.45, 7) is 8.33. The number of aryl methyl sites for hydroxylation is 3. The lowest BCUT2D eigenvalue weighted by molar-refractivity contribution is 0.134. The van der Waals surface area contributed by atoms with Crippen LogP contribution in [0.2, 0.25) is 0 Å². The zero-order valence-electron chi connectivity index (χ0n) is 13.3. The molecule has 0 N–H and O–H groups in total. The highest BCUT2D eigenvalue weighted by molar-refractivity contribution is 5.16. The van der Waals surface area contributed by atoms with Gasteiger partial charge in [-0.3, -0.25) is 4.90 Å². The van der Waals surface area contributed by atoms with Crippen molar-refractivity contribution < 1.29 is 0 Å². The first-order chi connectivity index (χ1) is 9.99. The summed E-state index contributed by atoms with van der Waals surface area (Å²) in [6.07, 6.45) is 6.09. The fourth-order valence-electron chi connectivity index (χ4n) is 3.23. The van der Waals surface area contributed by atoms with Gasteiger partial charge in [0, 0.05) is 31.2 Å². The number of aromatic nitrogens is 4. The van der Waals surface area contributed by atoms with Crippen LogP contribution in [0.4, 0.5) is 0 Å². The molecule has 112 valence electrons. The Bertz CT molecular complexity index is 628. The second kappa shape index (κ2) is 5.22. The highest BCUT2D eigenvalue weighted by atomic mass is 15.3. The largest absolute Gasteiger partial charge is 0.337 e. The van der Waals surface area contributed by atoms with Crippen molar-refractivity contribution >= 4 is 0 Å². The molecule has 0 amide bonds. The average molecular weight is 285 g/mol. The zero-order valence-corrected chi connectivity index (χ0v) is 13.3. The monoisotopic (exact) mass is 285 g/mol. The summed E-state index contributed by atoms with van der Waals surface area (Å²) >= 11 is 0. The van der Waals surface area contributed by atoms with Crippen LogP contribution in [-0.2, 0) is 19.1 Å². The van der Waals surface area contributed by atoms with Gasteiger partial charge in [-0.2, -0.15) is 0 Å². The van der Waals surface area contributed by atoms with E-state index >= 15 is 0 Å². The second-order valence-corrected chi connectivity index (χ2v) is 6.27. The smallest absolute Gasteiger partial charge is 0.148 e. The predicted octanol–water partition coefficient (Wildman–Crippen LogP) is 2.34. The van der Waals surface area contributed by atoms with Crippen LogP contribution in [0.1, 0.15) is 42.7 Å². The van der Waals surface area contributed by atoms with Gasteiger partial charge >= 0.3 is 0 Å². The number of nitrogens with zero attached hydrogens (tertiary/aromatic N) is 5. The number of rotatable bonds is 3. The molecule has 3 heterocycles. The molecule has 1 fully saturated rings. The Morgan fingerprint density at radius 1 is 1.24 bits per heavy atom. The topological polar surface area (TPSA) is 46.8 Å². The van der Waals surface area contributed by atoms with Crippen LogP contribution >= 0.6 is 0 Å². The van der Waals surface area contributed by atoms with E-state index in [0.29, 0.717) is 0 Å². The summed E-state index contributed by atoms with van der Waals surface area (Å²) in [5.41, 5.74) is 3.24. The molecule has 21 heavy (non-hydrogen) atoms. The van der Waals surface area contributed by atoms with Crippen LogP contribution in [0.5, 0.6) is 0 Å². The van der Waals surface area contributed by atoms with Crippen LogP contribution < -0.4 is 0 Å². The van der Waals surface area contributed by atoms with Gasteiger partial charge in [-0.25, -0.2) is 15.0 Å². The normalized spacial score (nSPS) is 22.9. The Morgan fingerprint density at radius 2 is 1.95 bits per heavy atom. The maximum absolute atomic E-state index is 4.71. The average Bonchev–Trinajstić information content (AvgIpc) is 2.98. The first-order valence-electron chi connectivity index (χ1n) is 7.52. The van der Waals surface area contributed by atoms with Gasteiger partial charge in [0.1, 0.15) is 5.82 Å². The summed E-state index contributed by atoms with van der Waals surface area (Å²) in [5, 5.41) is 0. The lowest BCUT2D eigenvalue weighted by atomic mass is 9.97. The number of likely N-dealkylation sites (tertiary alicyclic amines) is 1. The third-order valence-corrected chi connectivity index (χ3v) is 4.52. The number of hydrogen-bond acceptors (Lipinski definition) is 4. The Hall–Kier alpha value is -1.75. The van der Waals surface area contributed by atoms with Crippen LogP contribution in [0.15, 0.2) is 18.6 Å². The van der Waals surface area contributed by atoms with Gasteiger partial charge in [0.05, 0.1) is 17.6 Å². The summed E-state index contributed by atoms with van der Waals surface area (Å²) in [4.78, 5) is 16.1. The third-order valence-electron chi connectivity index (χ3n) is 4.52. The molecule has 1 aliphatic rings. The Balaban J connectivity index is 1.93. The zero-order chi connectivity index (χ0) is 15.0. The van der Waals surface area contributed by atoms with Gasteiger partial charge in [0.15, 0.2) is 0 Å². The fraction of sp³-hybridized carbons (Fsp3) is 0.562. The first kappa shape index (κ1) is 14.2. The molecule has 0 aliphatic carbocycles. The molecule has 1 unspecified atom stereocenters. The molecule has 0 aromatic carbocycles. The lowest BCUT2D eigenvalue weighted by Crippen LogP contribution is -2.40. The van der Waals surface area contributed by atoms with E-state index in [9.17, 15) is 0 Å². The molecular weight excluding hydrogens is 262 g/mol. The van der Waals surface area contributed by atoms with Crippen molar-refractivity contribution in [1.29, 1.82) is 0 Å². The molecule has 0 saturated carbocycles. The van der Waals surface area contributed by atoms with Crippen molar-refractivity contribution in [3.63, 3.8) is 0 Å². The van der Waals surface area contributed by atoms with Gasteiger partial charge in [0.25, 0.3) is 0 Å². The standard InChI is InChI=1S/C16H23N5/c1-12-8-13(2)19-15(18-12)16(3)6-5-7-21(16)10-14-9-17-11-20(14)4/h8-9,11H,5-7,10H2,1-4H3. The third kappa shape index (κ3) is 2.58. The predicted molar refractivity (Wildman–Crippen MR) is 81.7 cm³/mol.